The molecule has 5 nitrogen and oxygen atoms in total. The first-order valence-electron chi connectivity index (χ1n) is 7.02. The smallest absolute Gasteiger partial charge is 0.366 e. The number of hydrogen-bond donors (Lipinski definition) is 0. The van der Waals surface area contributed by atoms with Gasteiger partial charge in [-0.15, -0.1) is 5.10 Å². The van der Waals surface area contributed by atoms with Gasteiger partial charge < -0.3 is 4.74 Å². The normalized spacial score (nSPS) is 10.6. The molecule has 2 aromatic carbocycles. The minimum absolute atomic E-state index is 0.0507. The van der Waals surface area contributed by atoms with Gasteiger partial charge in [0.2, 0.25) is 0 Å². The summed E-state index contributed by atoms with van der Waals surface area (Å²) in [4.78, 5) is 12.2. The molecule has 0 spiro atoms. The van der Waals surface area contributed by atoms with E-state index < -0.39 is 11.8 Å². The minimum atomic E-state index is -0.629. The van der Waals surface area contributed by atoms with Crippen LogP contribution in [0.2, 0.25) is 0 Å². The van der Waals surface area contributed by atoms with Crippen LogP contribution in [-0.4, -0.2) is 21.0 Å². The molecule has 0 N–H and O–H groups in total. The summed E-state index contributed by atoms with van der Waals surface area (Å²) in [5.41, 5.74) is 1.66. The summed E-state index contributed by atoms with van der Waals surface area (Å²) in [6.45, 7) is 3.54. The second kappa shape index (κ2) is 6.00. The Bertz CT molecular complexity index is 874. The van der Waals surface area contributed by atoms with Crippen molar-refractivity contribution in [2.24, 2.45) is 0 Å². The van der Waals surface area contributed by atoms with E-state index in [9.17, 15) is 9.18 Å². The van der Waals surface area contributed by atoms with Crippen LogP contribution in [0.3, 0.4) is 0 Å². The zero-order chi connectivity index (χ0) is 16.4. The zero-order valence-corrected chi connectivity index (χ0v) is 12.7. The fourth-order valence-electron chi connectivity index (χ4n) is 2.20. The maximum absolute atomic E-state index is 13.9. The number of esters is 1. The molecule has 0 bridgehead atoms. The third-order valence-corrected chi connectivity index (χ3v) is 3.37. The third-order valence-electron chi connectivity index (χ3n) is 3.37. The second-order valence-corrected chi connectivity index (χ2v) is 5.09. The molecule has 3 rings (SSSR count). The summed E-state index contributed by atoms with van der Waals surface area (Å²) in [6.07, 6.45) is 0. The number of rotatable bonds is 3. The van der Waals surface area contributed by atoms with E-state index in [2.05, 4.69) is 10.3 Å². The number of benzene rings is 2. The van der Waals surface area contributed by atoms with Crippen molar-refractivity contribution < 1.29 is 13.9 Å². The predicted octanol–water partition coefficient (Wildman–Crippen LogP) is 3.24. The predicted molar refractivity (Wildman–Crippen MR) is 82.2 cm³/mol. The largest absolute Gasteiger partial charge is 0.422 e. The molecule has 1 aromatic heterocycles. The highest BCUT2D eigenvalue weighted by atomic mass is 19.1. The Balaban J connectivity index is 1.90. The molecule has 0 aliphatic heterocycles. The van der Waals surface area contributed by atoms with Crippen LogP contribution < -0.4 is 4.74 Å². The third kappa shape index (κ3) is 2.96. The van der Waals surface area contributed by atoms with Gasteiger partial charge in [-0.2, -0.15) is 0 Å². The number of ether oxygens (including phenoxy) is 1. The van der Waals surface area contributed by atoms with E-state index >= 15 is 0 Å². The lowest BCUT2D eigenvalue weighted by Gasteiger charge is -2.05. The SMILES string of the molecule is Cc1cccc(OC(=O)c2nnn(-c3ccccc3F)c2C)c1. The lowest BCUT2D eigenvalue weighted by molar-refractivity contribution is 0.0727. The van der Waals surface area contributed by atoms with E-state index in [4.69, 9.17) is 4.74 Å². The molecule has 0 aliphatic carbocycles. The first-order valence-corrected chi connectivity index (χ1v) is 7.02. The fraction of sp³-hybridized carbons (Fsp3) is 0.118. The molecule has 0 unspecified atom stereocenters. The molecule has 0 saturated carbocycles. The van der Waals surface area contributed by atoms with Crippen molar-refractivity contribution >= 4 is 5.97 Å². The van der Waals surface area contributed by atoms with Crippen LogP contribution in [0.5, 0.6) is 5.75 Å². The average Bonchev–Trinajstić information content (AvgIpc) is 2.89. The monoisotopic (exact) mass is 311 g/mol. The molecule has 0 amide bonds. The molecule has 0 atom stereocenters. The highest BCUT2D eigenvalue weighted by molar-refractivity contribution is 5.90. The van der Waals surface area contributed by atoms with Gasteiger partial charge in [0.15, 0.2) is 5.69 Å². The molecular formula is C17H14FN3O2. The number of aromatic nitrogens is 3. The molecule has 0 fully saturated rings. The van der Waals surface area contributed by atoms with E-state index in [1.807, 2.05) is 13.0 Å². The number of carbonyl (C=O) groups is 1. The maximum atomic E-state index is 13.9. The summed E-state index contributed by atoms with van der Waals surface area (Å²) in [5.74, 6) is -0.648. The van der Waals surface area contributed by atoms with Gasteiger partial charge in [-0.05, 0) is 43.7 Å². The fourth-order valence-corrected chi connectivity index (χ4v) is 2.20. The van der Waals surface area contributed by atoms with Gasteiger partial charge in [-0.25, -0.2) is 13.9 Å². The van der Waals surface area contributed by atoms with Crippen molar-refractivity contribution in [3.63, 3.8) is 0 Å². The Morgan fingerprint density at radius 2 is 1.91 bits per heavy atom. The molecule has 116 valence electrons. The molecular weight excluding hydrogens is 297 g/mol. The van der Waals surface area contributed by atoms with Crippen molar-refractivity contribution in [1.82, 2.24) is 15.0 Å². The highest BCUT2D eigenvalue weighted by Gasteiger charge is 2.20. The average molecular weight is 311 g/mol. The van der Waals surface area contributed by atoms with Crippen LogP contribution in [0.4, 0.5) is 4.39 Å². The number of nitrogens with zero attached hydrogens (tertiary/aromatic N) is 3. The van der Waals surface area contributed by atoms with Gasteiger partial charge in [-0.1, -0.05) is 29.5 Å². The van der Waals surface area contributed by atoms with E-state index in [0.29, 0.717) is 11.4 Å². The quantitative estimate of drug-likeness (QED) is 0.550. The second-order valence-electron chi connectivity index (χ2n) is 5.09. The molecule has 6 heteroatoms. The van der Waals surface area contributed by atoms with Crippen molar-refractivity contribution in [1.29, 1.82) is 0 Å². The van der Waals surface area contributed by atoms with Crippen LogP contribution >= 0.6 is 0 Å². The van der Waals surface area contributed by atoms with Gasteiger partial charge in [0.05, 0.1) is 5.69 Å². The number of para-hydroxylation sites is 1. The summed E-state index contributed by atoms with van der Waals surface area (Å²) >= 11 is 0. The zero-order valence-electron chi connectivity index (χ0n) is 12.7. The van der Waals surface area contributed by atoms with Crippen LogP contribution in [0.1, 0.15) is 21.7 Å². The summed E-state index contributed by atoms with van der Waals surface area (Å²) in [5, 5.41) is 7.68. The van der Waals surface area contributed by atoms with Crippen molar-refractivity contribution in [3.05, 3.63) is 71.3 Å². The molecule has 23 heavy (non-hydrogen) atoms. The number of hydrogen-bond acceptors (Lipinski definition) is 4. The van der Waals surface area contributed by atoms with Crippen molar-refractivity contribution in [2.75, 3.05) is 0 Å². The maximum Gasteiger partial charge on any atom is 0.366 e. The van der Waals surface area contributed by atoms with Crippen LogP contribution in [0, 0.1) is 19.7 Å². The Morgan fingerprint density at radius 1 is 1.13 bits per heavy atom. The summed E-state index contributed by atoms with van der Waals surface area (Å²) in [6, 6.07) is 13.3. The number of carbonyl (C=O) groups excluding carboxylic acids is 1. The number of aryl methyl sites for hydroxylation is 1. The standard InChI is InChI=1S/C17H14FN3O2/c1-11-6-5-7-13(10-11)23-17(22)16-12(2)21(20-19-16)15-9-4-3-8-14(15)18/h3-10H,1-2H3. The molecule has 3 aromatic rings. The summed E-state index contributed by atoms with van der Waals surface area (Å²) < 4.78 is 20.4. The minimum Gasteiger partial charge on any atom is -0.422 e. The topological polar surface area (TPSA) is 57.0 Å². The molecule has 0 aliphatic rings. The van der Waals surface area contributed by atoms with E-state index in [-0.39, 0.29) is 11.4 Å². The lowest BCUT2D eigenvalue weighted by Crippen LogP contribution is -2.11. The Morgan fingerprint density at radius 3 is 2.65 bits per heavy atom. The Labute approximate surface area is 132 Å². The van der Waals surface area contributed by atoms with Gasteiger partial charge in [0, 0.05) is 0 Å². The van der Waals surface area contributed by atoms with Crippen molar-refractivity contribution in [3.8, 4) is 11.4 Å². The van der Waals surface area contributed by atoms with Crippen molar-refractivity contribution in [2.45, 2.75) is 13.8 Å². The van der Waals surface area contributed by atoms with E-state index in [1.165, 1.54) is 10.7 Å². The molecule has 0 radical (unpaired) electrons. The molecule has 1 heterocycles. The van der Waals surface area contributed by atoms with E-state index in [0.717, 1.165) is 5.56 Å². The summed E-state index contributed by atoms with van der Waals surface area (Å²) in [7, 11) is 0. The van der Waals surface area contributed by atoms with Crippen LogP contribution in [-0.2, 0) is 0 Å². The number of halogens is 1. The van der Waals surface area contributed by atoms with Gasteiger partial charge in [0.1, 0.15) is 17.3 Å². The van der Waals surface area contributed by atoms with E-state index in [1.54, 1.807) is 43.3 Å². The first-order chi connectivity index (χ1) is 11.1. The molecule has 0 saturated heterocycles. The van der Waals surface area contributed by atoms with Gasteiger partial charge in [-0.3, -0.25) is 0 Å². The van der Waals surface area contributed by atoms with Gasteiger partial charge >= 0.3 is 5.97 Å². The Hall–Kier alpha value is -3.02. The van der Waals surface area contributed by atoms with Crippen LogP contribution in [0.15, 0.2) is 48.5 Å². The first kappa shape index (κ1) is 14.9. The highest BCUT2D eigenvalue weighted by Crippen LogP contribution is 2.18. The van der Waals surface area contributed by atoms with Gasteiger partial charge in [0.25, 0.3) is 0 Å². The Kier molecular flexibility index (Phi) is 3.89. The van der Waals surface area contributed by atoms with Crippen LogP contribution in [0.25, 0.3) is 5.69 Å². The lowest BCUT2D eigenvalue weighted by atomic mass is 10.2.